The number of rotatable bonds is 12. The molecule has 0 N–H and O–H groups in total. The van der Waals surface area contributed by atoms with Crippen LogP contribution in [0.15, 0.2) is 53.4 Å². The summed E-state index contributed by atoms with van der Waals surface area (Å²) in [5, 5.41) is -1.14. The molecule has 0 bridgehead atoms. The van der Waals surface area contributed by atoms with Gasteiger partial charge in [-0.25, -0.2) is 14.4 Å². The number of unbranched alkanes of at least 4 members (excludes halogenated alkanes) is 1. The van der Waals surface area contributed by atoms with Crippen LogP contribution in [-0.2, 0) is 33.3 Å². The molecule has 4 atom stereocenters. The molecule has 1 aromatic rings. The van der Waals surface area contributed by atoms with Crippen LogP contribution in [0.4, 0.5) is 0 Å². The summed E-state index contributed by atoms with van der Waals surface area (Å²) in [5.74, 6) is 2.10. The molecule has 1 heterocycles. The number of halogens is 2. The van der Waals surface area contributed by atoms with E-state index in [1.165, 1.54) is 11.9 Å². The van der Waals surface area contributed by atoms with Crippen molar-refractivity contribution >= 4 is 41.1 Å². The van der Waals surface area contributed by atoms with Crippen LogP contribution < -0.4 is 0 Å². The second kappa shape index (κ2) is 13.0. The number of allylic oxidation sites excluding steroid dienone is 1. The predicted molar refractivity (Wildman–Crippen MR) is 111 cm³/mol. The van der Waals surface area contributed by atoms with Crippen molar-refractivity contribution in [3.05, 3.63) is 59.0 Å². The first-order chi connectivity index (χ1) is 15.0. The summed E-state index contributed by atoms with van der Waals surface area (Å²) < 4.78 is 27.5. The van der Waals surface area contributed by atoms with Crippen molar-refractivity contribution in [2.45, 2.75) is 37.4 Å². The maximum absolute atomic E-state index is 12.6. The topological polar surface area (TPSA) is 97.4 Å². The van der Waals surface area contributed by atoms with E-state index in [2.05, 4.69) is 6.58 Å². The molecule has 1 fully saturated rings. The fourth-order valence-corrected chi connectivity index (χ4v) is 2.91. The smallest absolute Gasteiger partial charge is 0.338 e. The molecule has 0 saturated carbocycles. The first-order valence-electron chi connectivity index (χ1n) is 9.24. The number of carbonyl (C=O) groups is 1. The molecule has 1 aromatic carbocycles. The minimum Gasteiger partial charge on any atom is -0.472 e. The molecule has 166 valence electrons. The molecule has 0 amide bonds. The highest BCUT2D eigenvalue weighted by Crippen LogP contribution is 2.31. The van der Waals surface area contributed by atoms with Gasteiger partial charge in [0.15, 0.2) is 30.4 Å². The lowest BCUT2D eigenvalue weighted by Gasteiger charge is -2.24. The predicted octanol–water partition coefficient (Wildman–Crippen LogP) is 3.15. The van der Waals surface area contributed by atoms with Crippen LogP contribution in [0.2, 0.25) is 0 Å². The normalized spacial score (nSPS) is 22.0. The minimum absolute atomic E-state index is 0.266. The fraction of sp³-hybridized carbons (Fsp3) is 0.381. The Kier molecular flexibility index (Phi) is 10.3. The minimum atomic E-state index is -1.12. The largest absolute Gasteiger partial charge is 0.472 e. The van der Waals surface area contributed by atoms with Crippen molar-refractivity contribution in [1.82, 2.24) is 0 Å². The van der Waals surface area contributed by atoms with Crippen molar-refractivity contribution in [2.75, 3.05) is 13.2 Å². The number of hydrogen-bond donors (Lipinski definition) is 0. The zero-order chi connectivity index (χ0) is 22.6. The quantitative estimate of drug-likeness (QED) is 0.151. The first-order valence-corrected chi connectivity index (χ1v) is 10.00. The molecule has 0 spiro atoms. The Morgan fingerprint density at radius 1 is 1.10 bits per heavy atom. The summed E-state index contributed by atoms with van der Waals surface area (Å²) in [7, 11) is 0. The van der Waals surface area contributed by atoms with E-state index in [-0.39, 0.29) is 18.8 Å². The van der Waals surface area contributed by atoms with E-state index < -0.39 is 41.0 Å². The Labute approximate surface area is 188 Å². The maximum Gasteiger partial charge on any atom is 0.338 e. The van der Waals surface area contributed by atoms with Gasteiger partial charge in [0.2, 0.25) is 0 Å². The van der Waals surface area contributed by atoms with E-state index in [1.54, 1.807) is 36.4 Å². The molecule has 31 heavy (non-hydrogen) atoms. The van der Waals surface area contributed by atoms with E-state index >= 15 is 0 Å². The Morgan fingerprint density at radius 2 is 1.81 bits per heavy atom. The zero-order valence-corrected chi connectivity index (χ0v) is 17.8. The molecule has 0 aliphatic carbocycles. The van der Waals surface area contributed by atoms with E-state index in [0.717, 1.165) is 0 Å². The van der Waals surface area contributed by atoms with Crippen molar-refractivity contribution in [1.29, 1.82) is 0 Å². The Morgan fingerprint density at radius 3 is 2.45 bits per heavy atom. The van der Waals surface area contributed by atoms with Crippen LogP contribution in [0.3, 0.4) is 0 Å². The standard InChI is InChI=1S/C21H20Cl2O8/c1-2-3-7-10-27-21-19(31-20(26)14-8-5-4-6-9-14)18(30-17(23)12-25)15(29-21)13-28-16(22)11-24/h2,4-6,8-9,15,18-19,21H,1,3,7,10,13H2. The molecule has 0 radical (unpaired) electrons. The lowest BCUT2D eigenvalue weighted by atomic mass is 10.1. The molecule has 1 saturated heterocycles. The van der Waals surface area contributed by atoms with Gasteiger partial charge in [-0.1, -0.05) is 24.3 Å². The highest BCUT2D eigenvalue weighted by molar-refractivity contribution is 6.32. The summed E-state index contributed by atoms with van der Waals surface area (Å²) >= 11 is 11.2. The average molecular weight is 471 g/mol. The Hall–Kier alpha value is -2.57. The van der Waals surface area contributed by atoms with Crippen LogP contribution in [0, 0.1) is 0 Å². The molecule has 1 aliphatic rings. The van der Waals surface area contributed by atoms with Crippen LogP contribution in [0.1, 0.15) is 23.2 Å². The van der Waals surface area contributed by atoms with E-state index in [4.69, 9.17) is 46.9 Å². The summed E-state index contributed by atoms with van der Waals surface area (Å²) in [6.45, 7) is 3.62. The third-order valence-electron chi connectivity index (χ3n) is 4.13. The average Bonchev–Trinajstić information content (AvgIpc) is 3.11. The van der Waals surface area contributed by atoms with Crippen molar-refractivity contribution in [3.8, 4) is 0 Å². The first kappa shape index (κ1) is 24.7. The van der Waals surface area contributed by atoms with Gasteiger partial charge in [-0.2, -0.15) is 0 Å². The van der Waals surface area contributed by atoms with Crippen LogP contribution >= 0.6 is 23.2 Å². The Balaban J connectivity index is 2.24. The summed E-state index contributed by atoms with van der Waals surface area (Å²) in [6, 6.07) is 8.24. The molecule has 0 aromatic heterocycles. The van der Waals surface area contributed by atoms with Crippen LogP contribution in [0.25, 0.3) is 0 Å². The van der Waals surface area contributed by atoms with Gasteiger partial charge in [-0.15, -0.1) is 6.58 Å². The van der Waals surface area contributed by atoms with Gasteiger partial charge in [0.1, 0.15) is 12.7 Å². The molecule has 2 rings (SSSR count). The van der Waals surface area contributed by atoms with Gasteiger partial charge >= 0.3 is 5.97 Å². The lowest BCUT2D eigenvalue weighted by Crippen LogP contribution is -2.40. The van der Waals surface area contributed by atoms with Gasteiger partial charge in [0.05, 0.1) is 12.2 Å². The van der Waals surface area contributed by atoms with Gasteiger partial charge in [-0.3, -0.25) is 0 Å². The van der Waals surface area contributed by atoms with Gasteiger partial charge in [0, 0.05) is 0 Å². The van der Waals surface area contributed by atoms with Crippen molar-refractivity contribution in [3.63, 3.8) is 0 Å². The molecule has 4 unspecified atom stereocenters. The highest BCUT2D eigenvalue weighted by Gasteiger charge is 2.50. The summed E-state index contributed by atoms with van der Waals surface area (Å²) in [6.07, 6.45) is -1.17. The van der Waals surface area contributed by atoms with Crippen LogP contribution in [0.5, 0.6) is 0 Å². The maximum atomic E-state index is 12.6. The number of ether oxygens (including phenoxy) is 5. The summed E-state index contributed by atoms with van der Waals surface area (Å²) in [5.41, 5.74) is 0.287. The van der Waals surface area contributed by atoms with Crippen LogP contribution in [-0.4, -0.2) is 55.7 Å². The molecular formula is C21H20Cl2O8. The number of benzene rings is 1. The van der Waals surface area contributed by atoms with Gasteiger partial charge < -0.3 is 23.7 Å². The van der Waals surface area contributed by atoms with Crippen molar-refractivity contribution in [2.24, 2.45) is 0 Å². The zero-order valence-electron chi connectivity index (χ0n) is 16.3. The second-order valence-electron chi connectivity index (χ2n) is 6.23. The van der Waals surface area contributed by atoms with E-state index in [0.29, 0.717) is 12.8 Å². The fourth-order valence-electron chi connectivity index (χ4n) is 2.75. The third-order valence-corrected chi connectivity index (χ3v) is 4.48. The molecular weight excluding hydrogens is 451 g/mol. The molecule has 8 nitrogen and oxygen atoms in total. The molecule has 10 heteroatoms. The number of hydrogen-bond acceptors (Lipinski definition) is 8. The SMILES string of the molecule is C=CCCCOC1OC(COC(Cl)=C=O)C(OC(Cl)=C=O)C1OC(=O)c1ccccc1. The third kappa shape index (κ3) is 7.56. The lowest BCUT2D eigenvalue weighted by molar-refractivity contribution is -0.170. The summed E-state index contributed by atoms with van der Waals surface area (Å²) in [4.78, 5) is 34.1. The highest BCUT2D eigenvalue weighted by atomic mass is 35.5. The van der Waals surface area contributed by atoms with E-state index in [9.17, 15) is 14.4 Å². The van der Waals surface area contributed by atoms with Gasteiger partial charge in [0.25, 0.3) is 10.4 Å². The molecule has 1 aliphatic heterocycles. The van der Waals surface area contributed by atoms with Crippen molar-refractivity contribution < 1.29 is 38.1 Å². The number of carbonyl (C=O) groups excluding carboxylic acids is 3. The van der Waals surface area contributed by atoms with E-state index in [1.807, 2.05) is 0 Å². The monoisotopic (exact) mass is 470 g/mol. The second-order valence-corrected chi connectivity index (χ2v) is 6.91. The van der Waals surface area contributed by atoms with Gasteiger partial charge in [-0.05, 0) is 48.2 Å². The number of esters is 1. The Bertz CT molecular complexity index is 846.